The van der Waals surface area contributed by atoms with Crippen molar-refractivity contribution in [3.63, 3.8) is 0 Å². The summed E-state index contributed by atoms with van der Waals surface area (Å²) in [6.45, 7) is 0.339. The number of ether oxygens (including phenoxy) is 1. The number of carbonyl (C=O) groups excluding carboxylic acids is 2. The van der Waals surface area contributed by atoms with Gasteiger partial charge < -0.3 is 15.0 Å². The van der Waals surface area contributed by atoms with Gasteiger partial charge in [-0.3, -0.25) is 14.6 Å². The highest BCUT2D eigenvalue weighted by molar-refractivity contribution is 6.30. The van der Waals surface area contributed by atoms with E-state index in [0.29, 0.717) is 23.7 Å². The van der Waals surface area contributed by atoms with Gasteiger partial charge in [-0.15, -0.1) is 0 Å². The maximum atomic E-state index is 13.6. The largest absolute Gasteiger partial charge is 0.484 e. The lowest BCUT2D eigenvalue weighted by molar-refractivity contribution is -0.142. The molecule has 1 aromatic heterocycles. The second kappa shape index (κ2) is 13.2. The number of halogens is 1. The van der Waals surface area contributed by atoms with Crippen LogP contribution in [0.1, 0.15) is 16.7 Å². The van der Waals surface area contributed by atoms with Crippen LogP contribution in [0, 0.1) is 0 Å². The zero-order valence-corrected chi connectivity index (χ0v) is 21.1. The summed E-state index contributed by atoms with van der Waals surface area (Å²) in [5.41, 5.74) is 2.68. The molecule has 0 saturated heterocycles. The third kappa shape index (κ3) is 7.92. The van der Waals surface area contributed by atoms with Crippen LogP contribution in [-0.4, -0.2) is 34.3 Å². The molecule has 1 atom stereocenters. The van der Waals surface area contributed by atoms with Crippen molar-refractivity contribution < 1.29 is 14.3 Å². The van der Waals surface area contributed by atoms with Crippen LogP contribution in [0.2, 0.25) is 5.02 Å². The van der Waals surface area contributed by atoms with Crippen molar-refractivity contribution in [2.75, 3.05) is 6.61 Å². The zero-order chi connectivity index (χ0) is 25.9. The Morgan fingerprint density at radius 2 is 1.51 bits per heavy atom. The lowest BCUT2D eigenvalue weighted by Gasteiger charge is -2.31. The molecule has 6 nitrogen and oxygen atoms in total. The van der Waals surface area contributed by atoms with Gasteiger partial charge in [-0.1, -0.05) is 78.3 Å². The Labute approximate surface area is 221 Å². The first-order valence-electron chi connectivity index (χ1n) is 12.0. The molecule has 37 heavy (non-hydrogen) atoms. The average Bonchev–Trinajstić information content (AvgIpc) is 2.95. The monoisotopic (exact) mass is 513 g/mol. The Hall–Kier alpha value is -4.16. The molecule has 4 aromatic rings. The minimum atomic E-state index is -0.762. The van der Waals surface area contributed by atoms with Gasteiger partial charge in [0.1, 0.15) is 11.8 Å². The molecule has 0 aliphatic carbocycles. The summed E-state index contributed by atoms with van der Waals surface area (Å²) in [5, 5.41) is 3.59. The van der Waals surface area contributed by atoms with Crippen molar-refractivity contribution in [1.82, 2.24) is 15.2 Å². The summed E-state index contributed by atoms with van der Waals surface area (Å²) in [6, 6.07) is 29.0. The fraction of sp³-hybridized carbons (Fsp3) is 0.167. The molecule has 0 spiro atoms. The predicted molar refractivity (Wildman–Crippen MR) is 144 cm³/mol. The van der Waals surface area contributed by atoms with Gasteiger partial charge in [0, 0.05) is 36.9 Å². The first kappa shape index (κ1) is 25.9. The van der Waals surface area contributed by atoms with Crippen molar-refractivity contribution in [3.8, 4) is 5.75 Å². The molecule has 0 fully saturated rings. The lowest BCUT2D eigenvalue weighted by atomic mass is 10.0. The molecule has 188 valence electrons. The van der Waals surface area contributed by atoms with Gasteiger partial charge in [0.2, 0.25) is 5.91 Å². The number of rotatable bonds is 11. The van der Waals surface area contributed by atoms with Crippen LogP contribution in [0.15, 0.2) is 109 Å². The first-order chi connectivity index (χ1) is 18.1. The molecule has 7 heteroatoms. The Balaban J connectivity index is 1.60. The summed E-state index contributed by atoms with van der Waals surface area (Å²) >= 11 is 6.08. The molecule has 1 heterocycles. The summed E-state index contributed by atoms with van der Waals surface area (Å²) in [5.74, 6) is 0.0360. The highest BCUT2D eigenvalue weighted by Crippen LogP contribution is 2.18. The van der Waals surface area contributed by atoms with Gasteiger partial charge in [0.05, 0.1) is 0 Å². The quantitative estimate of drug-likeness (QED) is 0.304. The Morgan fingerprint density at radius 3 is 2.19 bits per heavy atom. The zero-order valence-electron chi connectivity index (χ0n) is 20.3. The van der Waals surface area contributed by atoms with Crippen LogP contribution in [0.4, 0.5) is 0 Å². The fourth-order valence-corrected chi connectivity index (χ4v) is 4.02. The van der Waals surface area contributed by atoms with E-state index in [0.717, 1.165) is 16.7 Å². The third-order valence-corrected chi connectivity index (χ3v) is 6.08. The molecule has 0 radical (unpaired) electrons. The van der Waals surface area contributed by atoms with Crippen molar-refractivity contribution in [1.29, 1.82) is 0 Å². The van der Waals surface area contributed by atoms with Crippen LogP contribution >= 0.6 is 11.6 Å². The number of nitrogens with one attached hydrogen (secondary N) is 1. The van der Waals surface area contributed by atoms with E-state index in [1.165, 1.54) is 0 Å². The molecule has 2 amide bonds. The van der Waals surface area contributed by atoms with Gasteiger partial charge >= 0.3 is 0 Å². The summed E-state index contributed by atoms with van der Waals surface area (Å²) in [7, 11) is 0. The lowest BCUT2D eigenvalue weighted by Crippen LogP contribution is -2.51. The predicted octanol–water partition coefficient (Wildman–Crippen LogP) is 5.07. The number of hydrogen-bond donors (Lipinski definition) is 1. The van der Waals surface area contributed by atoms with E-state index < -0.39 is 6.04 Å². The summed E-state index contributed by atoms with van der Waals surface area (Å²) in [6.07, 6.45) is 3.74. The summed E-state index contributed by atoms with van der Waals surface area (Å²) in [4.78, 5) is 32.9. The average molecular weight is 514 g/mol. The Bertz CT molecular complexity index is 1270. The molecule has 1 N–H and O–H groups in total. The highest BCUT2D eigenvalue weighted by atomic mass is 35.5. The number of para-hydroxylation sites is 1. The number of hydrogen-bond acceptors (Lipinski definition) is 4. The van der Waals surface area contributed by atoms with Gasteiger partial charge in [-0.2, -0.15) is 0 Å². The molecular weight excluding hydrogens is 486 g/mol. The smallest absolute Gasteiger partial charge is 0.261 e. The van der Waals surface area contributed by atoms with Crippen LogP contribution in [-0.2, 0) is 29.1 Å². The van der Waals surface area contributed by atoms with Gasteiger partial charge in [0.25, 0.3) is 5.91 Å². The third-order valence-electron chi connectivity index (χ3n) is 5.83. The van der Waals surface area contributed by atoms with Crippen molar-refractivity contribution in [2.24, 2.45) is 0 Å². The minimum absolute atomic E-state index is 0.196. The number of nitrogens with zero attached hydrogens (tertiary/aromatic N) is 2. The summed E-state index contributed by atoms with van der Waals surface area (Å²) < 4.78 is 5.76. The van der Waals surface area contributed by atoms with Gasteiger partial charge in [-0.25, -0.2) is 0 Å². The van der Waals surface area contributed by atoms with E-state index >= 15 is 0 Å². The van der Waals surface area contributed by atoms with Crippen LogP contribution in [0.5, 0.6) is 5.75 Å². The number of pyridine rings is 1. The van der Waals surface area contributed by atoms with E-state index in [1.54, 1.807) is 41.6 Å². The molecule has 4 rings (SSSR count). The maximum absolute atomic E-state index is 13.6. The maximum Gasteiger partial charge on any atom is 0.261 e. The molecule has 0 bridgehead atoms. The molecule has 3 aromatic carbocycles. The number of benzene rings is 3. The Kier molecular flexibility index (Phi) is 9.27. The van der Waals surface area contributed by atoms with Crippen molar-refractivity contribution >= 4 is 23.4 Å². The number of carbonyl (C=O) groups is 2. The van der Waals surface area contributed by atoms with E-state index in [4.69, 9.17) is 16.3 Å². The van der Waals surface area contributed by atoms with Crippen LogP contribution in [0.3, 0.4) is 0 Å². The van der Waals surface area contributed by atoms with E-state index in [2.05, 4.69) is 10.3 Å². The first-order valence-corrected chi connectivity index (χ1v) is 12.4. The Morgan fingerprint density at radius 1 is 0.838 bits per heavy atom. The highest BCUT2D eigenvalue weighted by Gasteiger charge is 2.30. The normalized spacial score (nSPS) is 11.4. The second-order valence-corrected chi connectivity index (χ2v) is 8.97. The molecular formula is C30H28ClN3O3. The standard InChI is InChI=1S/C30H28ClN3O3/c31-26-15-13-24(14-16-26)21-34(29(35)22-37-27-11-5-2-6-12-27)28(18-23-8-3-1-4-9-23)30(36)33-20-25-10-7-17-32-19-25/h1-17,19,28H,18,20-22H2,(H,33,36)/t28-/m1/s1. The van der Waals surface area contributed by atoms with E-state index in [1.807, 2.05) is 72.8 Å². The number of aromatic nitrogens is 1. The van der Waals surface area contributed by atoms with E-state index in [-0.39, 0.29) is 25.0 Å². The van der Waals surface area contributed by atoms with E-state index in [9.17, 15) is 9.59 Å². The van der Waals surface area contributed by atoms with Gasteiger partial charge in [0.15, 0.2) is 6.61 Å². The van der Waals surface area contributed by atoms with Gasteiger partial charge in [-0.05, 0) is 47.0 Å². The molecule has 0 unspecified atom stereocenters. The topological polar surface area (TPSA) is 71.5 Å². The van der Waals surface area contributed by atoms with Crippen molar-refractivity contribution in [2.45, 2.75) is 25.6 Å². The molecule has 0 saturated carbocycles. The minimum Gasteiger partial charge on any atom is -0.484 e. The fourth-order valence-electron chi connectivity index (χ4n) is 3.89. The van der Waals surface area contributed by atoms with Crippen molar-refractivity contribution in [3.05, 3.63) is 131 Å². The molecule has 0 aliphatic heterocycles. The molecule has 0 aliphatic rings. The van der Waals surface area contributed by atoms with Crippen LogP contribution < -0.4 is 10.1 Å². The van der Waals surface area contributed by atoms with Crippen LogP contribution in [0.25, 0.3) is 0 Å². The second-order valence-electron chi connectivity index (χ2n) is 8.53. The SMILES string of the molecule is O=C(NCc1cccnc1)[C@@H](Cc1ccccc1)N(Cc1ccc(Cl)cc1)C(=O)COc1ccccc1. The number of amides is 2.